The summed E-state index contributed by atoms with van der Waals surface area (Å²) >= 11 is 0. The SMILES string of the molecule is Cc1ccc2oc(N(C=O)C(Cc3ccccn3)c3ncc(-c4ccc(N5CCOCC5)cc4)n3C)cc2c1. The van der Waals surface area contributed by atoms with E-state index >= 15 is 0 Å². The maximum Gasteiger partial charge on any atom is 0.217 e. The molecule has 8 nitrogen and oxygen atoms in total. The van der Waals surface area contributed by atoms with Crippen LogP contribution in [-0.2, 0) is 23.0 Å². The van der Waals surface area contributed by atoms with Gasteiger partial charge in [0.15, 0.2) is 0 Å². The quantitative estimate of drug-likeness (QED) is 0.257. The molecule has 0 aliphatic carbocycles. The second-order valence-corrected chi connectivity index (χ2v) is 9.89. The number of furan rings is 1. The van der Waals surface area contributed by atoms with Crippen LogP contribution in [0.15, 0.2) is 83.5 Å². The molecule has 6 rings (SSSR count). The Kier molecular flexibility index (Phi) is 6.85. The average molecular weight is 522 g/mol. The van der Waals surface area contributed by atoms with Crippen LogP contribution < -0.4 is 9.80 Å². The molecule has 1 fully saturated rings. The maximum atomic E-state index is 12.6. The molecule has 2 aromatic carbocycles. The number of imidazole rings is 1. The van der Waals surface area contributed by atoms with Gasteiger partial charge in [0.05, 0.1) is 25.1 Å². The molecule has 0 N–H and O–H groups in total. The van der Waals surface area contributed by atoms with E-state index in [1.165, 1.54) is 5.69 Å². The van der Waals surface area contributed by atoms with Gasteiger partial charge in [0.2, 0.25) is 12.3 Å². The van der Waals surface area contributed by atoms with Crippen LogP contribution in [0.25, 0.3) is 22.2 Å². The van der Waals surface area contributed by atoms with Gasteiger partial charge in [-0.05, 0) is 48.9 Å². The van der Waals surface area contributed by atoms with E-state index in [1.54, 1.807) is 11.1 Å². The summed E-state index contributed by atoms with van der Waals surface area (Å²) in [6, 6.07) is 21.8. The lowest BCUT2D eigenvalue weighted by molar-refractivity contribution is -0.108. The van der Waals surface area contributed by atoms with Gasteiger partial charge in [-0.2, -0.15) is 0 Å². The van der Waals surface area contributed by atoms with Crippen LogP contribution in [0.2, 0.25) is 0 Å². The van der Waals surface area contributed by atoms with Crippen molar-refractivity contribution < 1.29 is 13.9 Å². The number of hydrogen-bond acceptors (Lipinski definition) is 6. The molecule has 0 saturated carbocycles. The third-order valence-corrected chi connectivity index (χ3v) is 7.35. The van der Waals surface area contributed by atoms with Crippen molar-refractivity contribution in [2.45, 2.75) is 19.4 Å². The summed E-state index contributed by atoms with van der Waals surface area (Å²) in [5, 5.41) is 0.953. The number of carbonyl (C=O) groups excluding carboxylic acids is 1. The standard InChI is InChI=1S/C31H31N5O3/c1-22-6-11-29-24(17-22)18-30(39-29)36(21-37)27(19-25-5-3-4-12-32-25)31-33-20-28(34(31)2)23-7-9-26(10-8-23)35-13-15-38-16-14-35/h3-12,17-18,20-21,27H,13-16,19H2,1-2H3. The zero-order valence-electron chi connectivity index (χ0n) is 22.2. The number of ether oxygens (including phenoxy) is 1. The van der Waals surface area contributed by atoms with Crippen molar-refractivity contribution in [3.63, 3.8) is 0 Å². The Morgan fingerprint density at radius 2 is 1.85 bits per heavy atom. The lowest BCUT2D eigenvalue weighted by atomic mass is 10.1. The fraction of sp³-hybridized carbons (Fsp3) is 0.258. The normalized spacial score (nSPS) is 14.5. The number of amides is 1. The fourth-order valence-corrected chi connectivity index (χ4v) is 5.25. The third-order valence-electron chi connectivity index (χ3n) is 7.35. The zero-order chi connectivity index (χ0) is 26.8. The monoisotopic (exact) mass is 521 g/mol. The van der Waals surface area contributed by atoms with Crippen LogP contribution in [0, 0.1) is 6.92 Å². The molecule has 1 aliphatic heterocycles. The Morgan fingerprint density at radius 3 is 2.59 bits per heavy atom. The van der Waals surface area contributed by atoms with Crippen molar-refractivity contribution in [2.75, 3.05) is 36.1 Å². The van der Waals surface area contributed by atoms with E-state index in [0.717, 1.165) is 72.0 Å². The van der Waals surface area contributed by atoms with Crippen LogP contribution in [0.5, 0.6) is 0 Å². The first-order chi connectivity index (χ1) is 19.1. The van der Waals surface area contributed by atoms with Gasteiger partial charge < -0.3 is 18.6 Å². The van der Waals surface area contributed by atoms with E-state index < -0.39 is 6.04 Å². The molecule has 3 aromatic heterocycles. The van der Waals surface area contributed by atoms with E-state index in [0.29, 0.717) is 12.3 Å². The minimum atomic E-state index is -0.426. The summed E-state index contributed by atoms with van der Waals surface area (Å²) < 4.78 is 13.7. The molecule has 198 valence electrons. The minimum absolute atomic E-state index is 0.426. The molecule has 1 saturated heterocycles. The number of rotatable bonds is 8. The molecule has 1 unspecified atom stereocenters. The summed E-state index contributed by atoms with van der Waals surface area (Å²) in [7, 11) is 1.99. The molecular formula is C31H31N5O3. The first-order valence-corrected chi connectivity index (χ1v) is 13.2. The number of pyridine rings is 1. The highest BCUT2D eigenvalue weighted by Gasteiger charge is 2.29. The van der Waals surface area contributed by atoms with Crippen molar-refractivity contribution in [3.8, 4) is 11.3 Å². The zero-order valence-corrected chi connectivity index (χ0v) is 22.2. The predicted molar refractivity (Wildman–Crippen MR) is 152 cm³/mol. The number of hydrogen-bond donors (Lipinski definition) is 0. The summed E-state index contributed by atoms with van der Waals surface area (Å²) in [6.45, 7) is 5.34. The van der Waals surface area contributed by atoms with Gasteiger partial charge in [-0.1, -0.05) is 29.8 Å². The van der Waals surface area contributed by atoms with Crippen LogP contribution in [0.1, 0.15) is 23.1 Å². The van der Waals surface area contributed by atoms with Crippen LogP contribution in [0.3, 0.4) is 0 Å². The first-order valence-electron chi connectivity index (χ1n) is 13.2. The average Bonchev–Trinajstić information content (AvgIpc) is 3.57. The topological polar surface area (TPSA) is 76.6 Å². The smallest absolute Gasteiger partial charge is 0.217 e. The molecular weight excluding hydrogens is 490 g/mol. The van der Waals surface area contributed by atoms with Crippen molar-refractivity contribution in [2.24, 2.45) is 7.05 Å². The number of fused-ring (bicyclic) bond motifs is 1. The van der Waals surface area contributed by atoms with E-state index in [4.69, 9.17) is 14.1 Å². The minimum Gasteiger partial charge on any atom is -0.440 e. The first kappa shape index (κ1) is 24.9. The van der Waals surface area contributed by atoms with Gasteiger partial charge in [0.1, 0.15) is 17.4 Å². The highest BCUT2D eigenvalue weighted by molar-refractivity contribution is 5.85. The van der Waals surface area contributed by atoms with Gasteiger partial charge >= 0.3 is 0 Å². The van der Waals surface area contributed by atoms with Crippen molar-refractivity contribution in [3.05, 3.63) is 96.2 Å². The Balaban J connectivity index is 1.36. The van der Waals surface area contributed by atoms with Crippen molar-refractivity contribution in [1.82, 2.24) is 14.5 Å². The molecule has 1 atom stereocenters. The summed E-state index contributed by atoms with van der Waals surface area (Å²) in [5.74, 6) is 1.22. The van der Waals surface area contributed by atoms with E-state index in [2.05, 4.69) is 44.8 Å². The highest BCUT2D eigenvalue weighted by Crippen LogP contribution is 2.34. The highest BCUT2D eigenvalue weighted by atomic mass is 16.5. The number of anilines is 2. The van der Waals surface area contributed by atoms with Crippen LogP contribution in [0.4, 0.5) is 11.6 Å². The predicted octanol–water partition coefficient (Wildman–Crippen LogP) is 5.32. The van der Waals surface area contributed by atoms with Crippen LogP contribution >= 0.6 is 0 Å². The molecule has 0 bridgehead atoms. The van der Waals surface area contributed by atoms with E-state index in [9.17, 15) is 4.79 Å². The van der Waals surface area contributed by atoms with Crippen LogP contribution in [-0.4, -0.2) is 47.2 Å². The molecule has 1 aliphatic rings. The van der Waals surface area contributed by atoms with Crippen molar-refractivity contribution in [1.29, 1.82) is 0 Å². The van der Waals surface area contributed by atoms with Crippen molar-refractivity contribution >= 4 is 29.0 Å². The lowest BCUT2D eigenvalue weighted by Gasteiger charge is -2.29. The number of aromatic nitrogens is 3. The molecule has 8 heteroatoms. The molecule has 0 spiro atoms. The largest absolute Gasteiger partial charge is 0.440 e. The number of aryl methyl sites for hydroxylation is 1. The maximum absolute atomic E-state index is 12.6. The molecule has 0 radical (unpaired) electrons. The van der Waals surface area contributed by atoms with E-state index in [1.807, 2.05) is 56.6 Å². The lowest BCUT2D eigenvalue weighted by Crippen LogP contribution is -2.36. The number of carbonyl (C=O) groups is 1. The summed E-state index contributed by atoms with van der Waals surface area (Å²) in [4.78, 5) is 25.9. The van der Waals surface area contributed by atoms with Gasteiger partial charge in [-0.15, -0.1) is 0 Å². The fourth-order valence-electron chi connectivity index (χ4n) is 5.25. The number of benzene rings is 2. The third kappa shape index (κ3) is 5.03. The summed E-state index contributed by atoms with van der Waals surface area (Å²) in [5.41, 5.74) is 5.94. The summed E-state index contributed by atoms with van der Waals surface area (Å²) in [6.07, 6.45) is 4.94. The number of nitrogens with zero attached hydrogens (tertiary/aromatic N) is 5. The molecule has 39 heavy (non-hydrogen) atoms. The Labute approximate surface area is 227 Å². The Morgan fingerprint density at radius 1 is 1.03 bits per heavy atom. The molecule has 5 aromatic rings. The second-order valence-electron chi connectivity index (χ2n) is 9.89. The Bertz CT molecular complexity index is 1570. The van der Waals surface area contributed by atoms with Gasteiger partial charge in [-0.25, -0.2) is 4.98 Å². The van der Waals surface area contributed by atoms with E-state index in [-0.39, 0.29) is 0 Å². The van der Waals surface area contributed by atoms with Gasteiger partial charge in [0.25, 0.3) is 0 Å². The van der Waals surface area contributed by atoms with Gasteiger partial charge in [0, 0.05) is 55.6 Å². The second kappa shape index (κ2) is 10.7. The van der Waals surface area contributed by atoms with Gasteiger partial charge in [-0.3, -0.25) is 14.7 Å². The molecule has 1 amide bonds. The molecule has 4 heterocycles. The number of morpholine rings is 1. The Hall–Kier alpha value is -4.43.